The van der Waals surface area contributed by atoms with Crippen LogP contribution in [0.25, 0.3) is 30.1 Å². The van der Waals surface area contributed by atoms with E-state index in [-0.39, 0.29) is 25.9 Å². The molecule has 0 spiro atoms. The van der Waals surface area contributed by atoms with Crippen molar-refractivity contribution in [2.75, 3.05) is 0 Å². The largest absolute Gasteiger partial charge is 0.295 e. The molecule has 0 amide bonds. The lowest BCUT2D eigenvalue weighted by Crippen LogP contribution is -2.33. The minimum Gasteiger partial charge on any atom is -0.295 e. The van der Waals surface area contributed by atoms with Gasteiger partial charge in [0.05, 0.1) is 37.3 Å². The minimum absolute atomic E-state index is 0.199. The van der Waals surface area contributed by atoms with E-state index in [4.69, 9.17) is 9.11 Å². The van der Waals surface area contributed by atoms with Crippen LogP contribution in [0.4, 0.5) is 0 Å². The Balaban J connectivity index is 1.66. The third-order valence-corrected chi connectivity index (χ3v) is 7.17. The van der Waals surface area contributed by atoms with Crippen LogP contribution in [-0.2, 0) is 20.2 Å². The number of aryl methyl sites for hydroxylation is 1. The molecule has 2 heterocycles. The topological polar surface area (TPSA) is 184 Å². The third kappa shape index (κ3) is 5.17. The van der Waals surface area contributed by atoms with E-state index in [2.05, 4.69) is 16.8 Å². The molecule has 4 aromatic rings. The predicted octanol–water partition coefficient (Wildman–Crippen LogP) is 0.351. The van der Waals surface area contributed by atoms with Crippen LogP contribution < -0.4 is 21.7 Å². The van der Waals surface area contributed by atoms with Gasteiger partial charge in [0.25, 0.3) is 31.4 Å². The van der Waals surface area contributed by atoms with Crippen LogP contribution in [0.15, 0.2) is 74.0 Å². The number of hydrogen-bond acceptors (Lipinski definition) is 6. The van der Waals surface area contributed by atoms with Gasteiger partial charge in [0.1, 0.15) is 0 Å². The first-order valence-electron chi connectivity index (χ1n) is 10.4. The maximum Gasteiger partial charge on any atom is 0.294 e. The molecule has 37 heavy (non-hydrogen) atoms. The summed E-state index contributed by atoms with van der Waals surface area (Å²) in [6.45, 7) is 5.47. The molecule has 0 atom stereocenters. The molecule has 0 saturated heterocycles. The molecule has 4 N–H and O–H groups in total. The Morgan fingerprint density at radius 3 is 1.70 bits per heavy atom. The van der Waals surface area contributed by atoms with Crippen LogP contribution >= 0.6 is 0 Å². The number of aromatic nitrogens is 4. The summed E-state index contributed by atoms with van der Waals surface area (Å²) in [5.41, 5.74) is 0.553. The van der Waals surface area contributed by atoms with Crippen molar-refractivity contribution in [3.8, 4) is 11.4 Å². The summed E-state index contributed by atoms with van der Waals surface area (Å²) in [6, 6.07) is 10.0. The fraction of sp³-hybridized carbons (Fsp3) is 0.0435. The lowest BCUT2D eigenvalue weighted by atomic mass is 10.2. The highest BCUT2D eigenvalue weighted by atomic mass is 32.2. The van der Waals surface area contributed by atoms with E-state index in [0.717, 1.165) is 16.8 Å². The first-order chi connectivity index (χ1) is 17.3. The number of H-pyrrole nitrogens is 2. The number of benzene rings is 2. The normalized spacial score (nSPS) is 13.0. The van der Waals surface area contributed by atoms with E-state index in [1.54, 1.807) is 6.92 Å². The summed E-state index contributed by atoms with van der Waals surface area (Å²) in [5.74, 6) is 0. The van der Waals surface area contributed by atoms with Gasteiger partial charge in [-0.3, -0.25) is 28.9 Å². The molecule has 2 aromatic carbocycles. The van der Waals surface area contributed by atoms with E-state index >= 15 is 0 Å². The molecule has 0 aliphatic heterocycles. The highest BCUT2D eigenvalue weighted by molar-refractivity contribution is 7.86. The second kappa shape index (κ2) is 9.33. The summed E-state index contributed by atoms with van der Waals surface area (Å²) >= 11 is 0. The van der Waals surface area contributed by atoms with Crippen LogP contribution in [-0.4, -0.2) is 45.5 Å². The van der Waals surface area contributed by atoms with Gasteiger partial charge in [-0.1, -0.05) is 12.7 Å². The van der Waals surface area contributed by atoms with E-state index in [1.165, 1.54) is 59.3 Å². The number of hydrogen-bond donors (Lipinski definition) is 4. The van der Waals surface area contributed by atoms with Crippen LogP contribution in [0.2, 0.25) is 0 Å². The minimum atomic E-state index is -4.37. The van der Waals surface area contributed by atoms with E-state index in [9.17, 15) is 26.4 Å². The van der Waals surface area contributed by atoms with Crippen molar-refractivity contribution in [1.29, 1.82) is 0 Å². The predicted molar refractivity (Wildman–Crippen MR) is 135 cm³/mol. The fourth-order valence-corrected chi connectivity index (χ4v) is 4.52. The van der Waals surface area contributed by atoms with Crippen LogP contribution in [0, 0.1) is 6.92 Å². The van der Waals surface area contributed by atoms with Gasteiger partial charge in [0.15, 0.2) is 0 Å². The highest BCUT2D eigenvalue weighted by Crippen LogP contribution is 2.14. The maximum atomic E-state index is 12.9. The summed E-state index contributed by atoms with van der Waals surface area (Å²) in [5, 5.41) is 6.14. The molecule has 2 aromatic heterocycles. The van der Waals surface area contributed by atoms with Crippen molar-refractivity contribution >= 4 is 39.0 Å². The summed E-state index contributed by atoms with van der Waals surface area (Å²) in [6.07, 6.45) is 4.45. The van der Waals surface area contributed by atoms with E-state index in [1.807, 2.05) is 0 Å². The van der Waals surface area contributed by atoms with Crippen LogP contribution in [0.5, 0.6) is 0 Å². The SMILES string of the molecule is C=c1[nH]n(-c2ccc(S(=O)(=O)O)cc2)c(=O)/c1=C/C=C\c1c(C)[nH]n(-c2ccc(S(=O)(=O)O)cc2)c1=O. The highest BCUT2D eigenvalue weighted by Gasteiger charge is 2.13. The monoisotopic (exact) mass is 544 g/mol. The molecule has 12 nitrogen and oxygen atoms in total. The van der Waals surface area contributed by atoms with Crippen molar-refractivity contribution in [2.24, 2.45) is 0 Å². The van der Waals surface area contributed by atoms with Gasteiger partial charge in [-0.25, -0.2) is 9.36 Å². The first kappa shape index (κ1) is 25.8. The molecular formula is C23H20N4O8S2. The molecule has 0 aliphatic carbocycles. The van der Waals surface area contributed by atoms with E-state index < -0.39 is 31.4 Å². The Hall–Kier alpha value is -4.24. The maximum absolute atomic E-state index is 12.9. The molecule has 0 saturated carbocycles. The van der Waals surface area contributed by atoms with Crippen LogP contribution in [0.1, 0.15) is 11.3 Å². The van der Waals surface area contributed by atoms with Crippen molar-refractivity contribution in [3.05, 3.63) is 97.1 Å². The summed E-state index contributed by atoms with van der Waals surface area (Å²) in [4.78, 5) is 25.1. The third-order valence-electron chi connectivity index (χ3n) is 5.43. The molecule has 0 radical (unpaired) electrons. The van der Waals surface area contributed by atoms with Gasteiger partial charge >= 0.3 is 0 Å². The second-order valence-corrected chi connectivity index (χ2v) is 10.7. The van der Waals surface area contributed by atoms with E-state index in [0.29, 0.717) is 17.1 Å². The first-order valence-corrected chi connectivity index (χ1v) is 13.3. The van der Waals surface area contributed by atoms with Crippen molar-refractivity contribution in [2.45, 2.75) is 16.7 Å². The second-order valence-electron chi connectivity index (χ2n) is 7.90. The summed E-state index contributed by atoms with van der Waals surface area (Å²) in [7, 11) is -8.74. The van der Waals surface area contributed by atoms with Crippen molar-refractivity contribution in [3.63, 3.8) is 0 Å². The van der Waals surface area contributed by atoms with Gasteiger partial charge < -0.3 is 0 Å². The van der Waals surface area contributed by atoms with Gasteiger partial charge in [-0.2, -0.15) is 16.8 Å². The lowest BCUT2D eigenvalue weighted by molar-refractivity contribution is 0.481. The van der Waals surface area contributed by atoms with Crippen LogP contribution in [0.3, 0.4) is 0 Å². The Bertz CT molecular complexity index is 1980. The summed E-state index contributed by atoms with van der Waals surface area (Å²) < 4.78 is 65.5. The zero-order valence-electron chi connectivity index (χ0n) is 19.1. The Morgan fingerprint density at radius 1 is 0.784 bits per heavy atom. The van der Waals surface area contributed by atoms with Crippen molar-refractivity contribution in [1.82, 2.24) is 19.6 Å². The molecule has 14 heteroatoms. The number of rotatable bonds is 6. The number of nitrogens with one attached hydrogen (secondary N) is 2. The zero-order chi connectivity index (χ0) is 27.1. The molecule has 0 unspecified atom stereocenters. The fourth-order valence-electron chi connectivity index (χ4n) is 3.56. The van der Waals surface area contributed by atoms with Gasteiger partial charge in [0, 0.05) is 5.69 Å². The Labute approximate surface area is 209 Å². The number of aromatic amines is 2. The average molecular weight is 545 g/mol. The quantitative estimate of drug-likeness (QED) is 0.251. The van der Waals surface area contributed by atoms with Gasteiger partial charge in [-0.05, 0) is 67.6 Å². The number of nitrogens with zero attached hydrogens (tertiary/aromatic N) is 2. The molecule has 0 fully saturated rings. The molecule has 0 aliphatic rings. The Morgan fingerprint density at radius 2 is 1.24 bits per heavy atom. The Kier molecular flexibility index (Phi) is 6.51. The molecule has 192 valence electrons. The van der Waals surface area contributed by atoms with Gasteiger partial charge in [-0.15, -0.1) is 0 Å². The standard InChI is InChI=1S/C23H20N4O8S2/c1-14-20(22(28)26(24-14)16-6-10-18(11-7-16)36(30,31)32)4-3-5-21-15(2)25-27(23(21)29)17-8-12-19(13-9-17)37(33,34)35/h3-13,24-25H,1H2,2H3,(H,30,31,32)(H,33,34,35)/b5-3-,20-4+. The van der Waals surface area contributed by atoms with Crippen molar-refractivity contribution < 1.29 is 25.9 Å². The average Bonchev–Trinajstić information content (AvgIpc) is 3.28. The molecule has 0 bridgehead atoms. The molecule has 4 rings (SSSR count). The molecular weight excluding hydrogens is 524 g/mol. The lowest BCUT2D eigenvalue weighted by Gasteiger charge is -2.02. The van der Waals surface area contributed by atoms with Gasteiger partial charge in [0.2, 0.25) is 0 Å². The number of allylic oxidation sites excluding steroid dienone is 1. The zero-order valence-corrected chi connectivity index (χ0v) is 20.7. The smallest absolute Gasteiger partial charge is 0.294 e.